The molecular weight excluding hydrogens is 248 g/mol. The maximum absolute atomic E-state index is 6.05. The van der Waals surface area contributed by atoms with Gasteiger partial charge in [0.05, 0.1) is 11.6 Å². The van der Waals surface area contributed by atoms with Crippen LogP contribution >= 0.6 is 11.6 Å². The average Bonchev–Trinajstić information content (AvgIpc) is 2.89. The second-order valence-corrected chi connectivity index (χ2v) is 5.53. The summed E-state index contributed by atoms with van der Waals surface area (Å²) >= 11 is 6.05. The number of aromatic nitrogens is 4. The Morgan fingerprint density at radius 2 is 2.22 bits per heavy atom. The SMILES string of the molecule is CCCC1CC1n1c(CCl)nc2c(C)nn(C)c21. The molecule has 98 valence electrons. The normalized spacial score (nSPS) is 22.9. The van der Waals surface area contributed by atoms with Crippen LogP contribution in [0.25, 0.3) is 11.2 Å². The van der Waals surface area contributed by atoms with Crippen LogP contribution in [0.2, 0.25) is 0 Å². The summed E-state index contributed by atoms with van der Waals surface area (Å²) in [7, 11) is 1.99. The molecule has 0 N–H and O–H groups in total. The molecular formula is C13H19ClN4. The molecule has 0 aliphatic heterocycles. The van der Waals surface area contributed by atoms with Gasteiger partial charge in [-0.15, -0.1) is 11.6 Å². The smallest absolute Gasteiger partial charge is 0.158 e. The second-order valence-electron chi connectivity index (χ2n) is 5.26. The average molecular weight is 267 g/mol. The van der Waals surface area contributed by atoms with E-state index in [0.717, 1.165) is 28.6 Å². The van der Waals surface area contributed by atoms with E-state index in [1.807, 2.05) is 18.7 Å². The van der Waals surface area contributed by atoms with Crippen LogP contribution in [-0.2, 0) is 12.9 Å². The van der Waals surface area contributed by atoms with Crippen molar-refractivity contribution < 1.29 is 0 Å². The molecule has 1 fully saturated rings. The van der Waals surface area contributed by atoms with Crippen LogP contribution in [0, 0.1) is 12.8 Å². The largest absolute Gasteiger partial charge is 0.308 e. The molecule has 1 saturated carbocycles. The summed E-state index contributed by atoms with van der Waals surface area (Å²) in [6.07, 6.45) is 3.80. The summed E-state index contributed by atoms with van der Waals surface area (Å²) in [5.74, 6) is 2.26. The molecule has 0 amide bonds. The molecule has 4 nitrogen and oxygen atoms in total. The van der Waals surface area contributed by atoms with Crippen molar-refractivity contribution in [2.75, 3.05) is 0 Å². The second kappa shape index (κ2) is 4.26. The molecule has 2 heterocycles. The molecule has 0 radical (unpaired) electrons. The molecule has 2 aromatic heterocycles. The number of halogens is 1. The number of aryl methyl sites for hydroxylation is 2. The lowest BCUT2D eigenvalue weighted by atomic mass is 10.2. The summed E-state index contributed by atoms with van der Waals surface area (Å²) < 4.78 is 4.26. The van der Waals surface area contributed by atoms with E-state index >= 15 is 0 Å². The highest BCUT2D eigenvalue weighted by molar-refractivity contribution is 6.16. The topological polar surface area (TPSA) is 35.6 Å². The first-order valence-electron chi connectivity index (χ1n) is 6.63. The van der Waals surface area contributed by atoms with Crippen LogP contribution in [0.15, 0.2) is 0 Å². The maximum atomic E-state index is 6.05. The molecule has 2 unspecified atom stereocenters. The fourth-order valence-electron chi connectivity index (χ4n) is 3.01. The minimum atomic E-state index is 0.476. The quantitative estimate of drug-likeness (QED) is 0.797. The third-order valence-corrected chi connectivity index (χ3v) is 4.14. The van der Waals surface area contributed by atoms with Gasteiger partial charge in [-0.25, -0.2) is 4.98 Å². The van der Waals surface area contributed by atoms with Gasteiger partial charge in [0.15, 0.2) is 5.65 Å². The van der Waals surface area contributed by atoms with E-state index in [1.54, 1.807) is 0 Å². The van der Waals surface area contributed by atoms with Gasteiger partial charge < -0.3 is 4.57 Å². The fourth-order valence-corrected chi connectivity index (χ4v) is 3.20. The molecule has 5 heteroatoms. The Morgan fingerprint density at radius 3 is 2.89 bits per heavy atom. The zero-order valence-electron chi connectivity index (χ0n) is 11.1. The monoisotopic (exact) mass is 266 g/mol. The van der Waals surface area contributed by atoms with E-state index < -0.39 is 0 Å². The van der Waals surface area contributed by atoms with Gasteiger partial charge in [-0.1, -0.05) is 13.3 Å². The number of imidazole rings is 1. The summed E-state index contributed by atoms with van der Waals surface area (Å²) in [5, 5.41) is 4.46. The molecule has 2 aromatic rings. The highest BCUT2D eigenvalue weighted by Crippen LogP contribution is 2.48. The Labute approximate surface area is 112 Å². The molecule has 2 atom stereocenters. The molecule has 0 aromatic carbocycles. The number of hydrogen-bond acceptors (Lipinski definition) is 2. The zero-order chi connectivity index (χ0) is 12.9. The van der Waals surface area contributed by atoms with Crippen LogP contribution in [0.1, 0.15) is 43.7 Å². The summed E-state index contributed by atoms with van der Waals surface area (Å²) in [4.78, 5) is 4.66. The third kappa shape index (κ3) is 1.66. The van der Waals surface area contributed by atoms with Crippen molar-refractivity contribution in [3.8, 4) is 0 Å². The Hall–Kier alpha value is -1.03. The minimum absolute atomic E-state index is 0.476. The summed E-state index contributed by atoms with van der Waals surface area (Å²) in [5.41, 5.74) is 3.13. The molecule has 18 heavy (non-hydrogen) atoms. The molecule has 0 saturated heterocycles. The van der Waals surface area contributed by atoms with Gasteiger partial charge in [-0.3, -0.25) is 4.68 Å². The van der Waals surface area contributed by atoms with Gasteiger partial charge in [-0.2, -0.15) is 5.10 Å². The zero-order valence-corrected chi connectivity index (χ0v) is 11.9. The van der Waals surface area contributed by atoms with Crippen molar-refractivity contribution in [3.63, 3.8) is 0 Å². The van der Waals surface area contributed by atoms with Crippen LogP contribution in [0.5, 0.6) is 0 Å². The number of rotatable bonds is 4. The van der Waals surface area contributed by atoms with Crippen LogP contribution in [0.4, 0.5) is 0 Å². The third-order valence-electron chi connectivity index (χ3n) is 3.90. The lowest BCUT2D eigenvalue weighted by Gasteiger charge is -2.07. The summed E-state index contributed by atoms with van der Waals surface area (Å²) in [6, 6.07) is 0.582. The number of hydrogen-bond donors (Lipinski definition) is 0. The standard InChI is InChI=1S/C13H19ClN4/c1-4-5-9-6-10(9)18-11(7-14)15-12-8(2)16-17(3)13(12)18/h9-10H,4-7H2,1-3H3. The Balaban J connectivity index is 2.09. The van der Waals surface area contributed by atoms with Crippen molar-refractivity contribution in [2.24, 2.45) is 13.0 Å². The van der Waals surface area contributed by atoms with Crippen molar-refractivity contribution in [2.45, 2.75) is 45.0 Å². The first-order chi connectivity index (χ1) is 8.67. The van der Waals surface area contributed by atoms with Gasteiger partial charge in [0.1, 0.15) is 11.3 Å². The maximum Gasteiger partial charge on any atom is 0.158 e. The van der Waals surface area contributed by atoms with Crippen LogP contribution in [-0.4, -0.2) is 19.3 Å². The van der Waals surface area contributed by atoms with E-state index in [-0.39, 0.29) is 0 Å². The van der Waals surface area contributed by atoms with Crippen molar-refractivity contribution in [1.29, 1.82) is 0 Å². The highest BCUT2D eigenvalue weighted by atomic mass is 35.5. The van der Waals surface area contributed by atoms with E-state index in [9.17, 15) is 0 Å². The Kier molecular flexibility index (Phi) is 2.85. The van der Waals surface area contributed by atoms with Crippen molar-refractivity contribution in [3.05, 3.63) is 11.5 Å². The molecule has 0 spiro atoms. The molecule has 1 aliphatic carbocycles. The van der Waals surface area contributed by atoms with Gasteiger partial charge in [0, 0.05) is 13.1 Å². The first kappa shape index (κ1) is 12.0. The lowest BCUT2D eigenvalue weighted by Crippen LogP contribution is -2.06. The first-order valence-corrected chi connectivity index (χ1v) is 7.17. The lowest BCUT2D eigenvalue weighted by molar-refractivity contribution is 0.592. The number of fused-ring (bicyclic) bond motifs is 1. The Morgan fingerprint density at radius 1 is 1.44 bits per heavy atom. The van der Waals surface area contributed by atoms with E-state index in [0.29, 0.717) is 11.9 Å². The number of nitrogens with zero attached hydrogens (tertiary/aromatic N) is 4. The van der Waals surface area contributed by atoms with E-state index in [2.05, 4.69) is 21.6 Å². The van der Waals surface area contributed by atoms with Crippen LogP contribution < -0.4 is 0 Å². The predicted octanol–water partition coefficient (Wildman–Crippen LogP) is 3.18. The van der Waals surface area contributed by atoms with Crippen LogP contribution in [0.3, 0.4) is 0 Å². The van der Waals surface area contributed by atoms with E-state index in [1.165, 1.54) is 19.3 Å². The molecule has 0 bridgehead atoms. The van der Waals surface area contributed by atoms with Gasteiger partial charge in [0.2, 0.25) is 0 Å². The highest BCUT2D eigenvalue weighted by Gasteiger charge is 2.40. The number of alkyl halides is 1. The van der Waals surface area contributed by atoms with Gasteiger partial charge >= 0.3 is 0 Å². The predicted molar refractivity (Wildman–Crippen MR) is 72.8 cm³/mol. The van der Waals surface area contributed by atoms with Gasteiger partial charge in [0.25, 0.3) is 0 Å². The summed E-state index contributed by atoms with van der Waals surface area (Å²) in [6.45, 7) is 4.25. The van der Waals surface area contributed by atoms with Gasteiger partial charge in [-0.05, 0) is 25.7 Å². The van der Waals surface area contributed by atoms with E-state index in [4.69, 9.17) is 11.6 Å². The van der Waals surface area contributed by atoms with Crippen molar-refractivity contribution >= 4 is 22.8 Å². The molecule has 1 aliphatic rings. The van der Waals surface area contributed by atoms with Crippen molar-refractivity contribution in [1.82, 2.24) is 19.3 Å². The fraction of sp³-hybridized carbons (Fsp3) is 0.692. The molecule has 3 rings (SSSR count). The minimum Gasteiger partial charge on any atom is -0.308 e. The Bertz CT molecular complexity index is 583.